The second kappa shape index (κ2) is 9.43. The zero-order chi connectivity index (χ0) is 21.6. The molecule has 0 fully saturated rings. The highest BCUT2D eigenvalue weighted by molar-refractivity contribution is 5.94. The standard InChI is InChI=1S/C27H25FN2O/c1-21-8-5-6-11-24(21)19-29-17-7-12-26(29)20-30(18-22-9-3-2-4-10-22)27(31)23-13-15-25(28)16-14-23/h2-17H,18-20H2,1H3. The monoisotopic (exact) mass is 412 g/mol. The summed E-state index contributed by atoms with van der Waals surface area (Å²) in [5, 5.41) is 0. The summed E-state index contributed by atoms with van der Waals surface area (Å²) in [6, 6.07) is 28.1. The SMILES string of the molecule is Cc1ccccc1Cn1cccc1CN(Cc1ccccc1)C(=O)c1ccc(F)cc1. The maximum absolute atomic E-state index is 13.4. The van der Waals surface area contributed by atoms with E-state index in [2.05, 4.69) is 23.6 Å². The van der Waals surface area contributed by atoms with Gasteiger partial charge in [-0.3, -0.25) is 4.79 Å². The van der Waals surface area contributed by atoms with E-state index in [4.69, 9.17) is 0 Å². The second-order valence-corrected chi connectivity index (χ2v) is 7.71. The predicted molar refractivity (Wildman–Crippen MR) is 121 cm³/mol. The highest BCUT2D eigenvalue weighted by Gasteiger charge is 2.18. The van der Waals surface area contributed by atoms with Crippen molar-refractivity contribution >= 4 is 5.91 Å². The fourth-order valence-corrected chi connectivity index (χ4v) is 3.69. The molecule has 1 amide bonds. The number of amides is 1. The van der Waals surface area contributed by atoms with E-state index in [9.17, 15) is 9.18 Å². The number of rotatable bonds is 7. The van der Waals surface area contributed by atoms with Crippen molar-refractivity contribution in [1.82, 2.24) is 9.47 Å². The van der Waals surface area contributed by atoms with Gasteiger partial charge in [0, 0.05) is 30.5 Å². The number of benzene rings is 3. The second-order valence-electron chi connectivity index (χ2n) is 7.71. The lowest BCUT2D eigenvalue weighted by atomic mass is 10.1. The molecule has 4 aromatic rings. The molecule has 0 saturated heterocycles. The number of carbonyl (C=O) groups is 1. The van der Waals surface area contributed by atoms with Gasteiger partial charge in [0.15, 0.2) is 0 Å². The number of aryl methyl sites for hydroxylation is 1. The Bertz CT molecular complexity index is 1150. The van der Waals surface area contributed by atoms with E-state index in [0.29, 0.717) is 18.7 Å². The van der Waals surface area contributed by atoms with Gasteiger partial charge in [0.05, 0.1) is 6.54 Å². The van der Waals surface area contributed by atoms with Crippen molar-refractivity contribution in [3.8, 4) is 0 Å². The largest absolute Gasteiger partial charge is 0.345 e. The first-order valence-corrected chi connectivity index (χ1v) is 10.4. The molecule has 0 aliphatic heterocycles. The quantitative estimate of drug-likeness (QED) is 0.375. The van der Waals surface area contributed by atoms with E-state index in [1.54, 1.807) is 12.1 Å². The Morgan fingerprint density at radius 1 is 0.839 bits per heavy atom. The van der Waals surface area contributed by atoms with Crippen LogP contribution in [0.2, 0.25) is 0 Å². The minimum Gasteiger partial charge on any atom is -0.345 e. The van der Waals surface area contributed by atoms with Gasteiger partial charge in [0.25, 0.3) is 5.91 Å². The molecule has 4 rings (SSSR count). The van der Waals surface area contributed by atoms with Crippen LogP contribution in [-0.4, -0.2) is 15.4 Å². The van der Waals surface area contributed by atoms with Gasteiger partial charge in [0.1, 0.15) is 5.82 Å². The summed E-state index contributed by atoms with van der Waals surface area (Å²) < 4.78 is 15.5. The lowest BCUT2D eigenvalue weighted by Gasteiger charge is -2.24. The van der Waals surface area contributed by atoms with Crippen LogP contribution in [0.1, 0.15) is 32.7 Å². The molecule has 0 N–H and O–H groups in total. The van der Waals surface area contributed by atoms with Crippen molar-refractivity contribution in [2.45, 2.75) is 26.6 Å². The first-order valence-electron chi connectivity index (χ1n) is 10.4. The van der Waals surface area contributed by atoms with Crippen LogP contribution in [0.25, 0.3) is 0 Å². The fourth-order valence-electron chi connectivity index (χ4n) is 3.69. The van der Waals surface area contributed by atoms with Crippen molar-refractivity contribution < 1.29 is 9.18 Å². The zero-order valence-corrected chi connectivity index (χ0v) is 17.5. The normalized spacial score (nSPS) is 10.8. The number of aromatic nitrogens is 1. The van der Waals surface area contributed by atoms with Crippen molar-refractivity contribution in [2.75, 3.05) is 0 Å². The van der Waals surface area contributed by atoms with E-state index in [-0.39, 0.29) is 11.7 Å². The number of hydrogen-bond donors (Lipinski definition) is 0. The van der Waals surface area contributed by atoms with E-state index in [0.717, 1.165) is 17.8 Å². The van der Waals surface area contributed by atoms with Gasteiger partial charge in [-0.2, -0.15) is 0 Å². The number of carbonyl (C=O) groups excluding carboxylic acids is 1. The smallest absolute Gasteiger partial charge is 0.254 e. The number of hydrogen-bond acceptors (Lipinski definition) is 1. The predicted octanol–water partition coefficient (Wildman–Crippen LogP) is 5.83. The average molecular weight is 413 g/mol. The summed E-state index contributed by atoms with van der Waals surface area (Å²) in [5.41, 5.74) is 5.07. The van der Waals surface area contributed by atoms with Crippen LogP contribution >= 0.6 is 0 Å². The van der Waals surface area contributed by atoms with Gasteiger partial charge in [-0.15, -0.1) is 0 Å². The number of halogens is 1. The fraction of sp³-hybridized carbons (Fsp3) is 0.148. The maximum Gasteiger partial charge on any atom is 0.254 e. The third-order valence-corrected chi connectivity index (χ3v) is 5.47. The van der Waals surface area contributed by atoms with Crippen LogP contribution < -0.4 is 0 Å². The summed E-state index contributed by atoms with van der Waals surface area (Å²) in [6.07, 6.45) is 2.05. The van der Waals surface area contributed by atoms with Crippen molar-refractivity contribution in [1.29, 1.82) is 0 Å². The van der Waals surface area contributed by atoms with Gasteiger partial charge in [0.2, 0.25) is 0 Å². The van der Waals surface area contributed by atoms with E-state index in [1.165, 1.54) is 23.3 Å². The van der Waals surface area contributed by atoms with E-state index in [1.807, 2.05) is 65.7 Å². The lowest BCUT2D eigenvalue weighted by Crippen LogP contribution is -2.31. The molecule has 3 nitrogen and oxygen atoms in total. The van der Waals surface area contributed by atoms with E-state index < -0.39 is 0 Å². The molecule has 1 heterocycles. The molecule has 1 aromatic heterocycles. The topological polar surface area (TPSA) is 25.2 Å². The van der Waals surface area contributed by atoms with Gasteiger partial charge < -0.3 is 9.47 Å². The Morgan fingerprint density at radius 3 is 2.29 bits per heavy atom. The van der Waals surface area contributed by atoms with Crippen molar-refractivity contribution in [3.63, 3.8) is 0 Å². The first kappa shape index (κ1) is 20.6. The molecule has 0 aliphatic rings. The molecule has 3 aromatic carbocycles. The van der Waals surface area contributed by atoms with Gasteiger partial charge in [-0.25, -0.2) is 4.39 Å². The molecular formula is C27H25FN2O. The molecule has 0 atom stereocenters. The summed E-state index contributed by atoms with van der Waals surface area (Å²) in [4.78, 5) is 15.1. The summed E-state index contributed by atoms with van der Waals surface area (Å²) in [7, 11) is 0. The van der Waals surface area contributed by atoms with Crippen LogP contribution in [0.5, 0.6) is 0 Å². The Balaban J connectivity index is 1.61. The molecule has 4 heteroatoms. The lowest BCUT2D eigenvalue weighted by molar-refractivity contribution is 0.0726. The molecule has 0 saturated carbocycles. The van der Waals surface area contributed by atoms with Crippen LogP contribution in [-0.2, 0) is 19.6 Å². The zero-order valence-electron chi connectivity index (χ0n) is 17.5. The Labute approximate surface area is 182 Å². The summed E-state index contributed by atoms with van der Waals surface area (Å²) in [6.45, 7) is 3.80. The Kier molecular flexibility index (Phi) is 6.27. The first-order chi connectivity index (χ1) is 15.1. The third-order valence-electron chi connectivity index (χ3n) is 5.47. The summed E-state index contributed by atoms with van der Waals surface area (Å²) >= 11 is 0. The van der Waals surface area contributed by atoms with Gasteiger partial charge >= 0.3 is 0 Å². The van der Waals surface area contributed by atoms with Crippen molar-refractivity contribution in [3.05, 3.63) is 131 Å². The highest BCUT2D eigenvalue weighted by atomic mass is 19.1. The Morgan fingerprint density at radius 2 is 1.55 bits per heavy atom. The average Bonchev–Trinajstić information content (AvgIpc) is 3.22. The molecule has 156 valence electrons. The summed E-state index contributed by atoms with van der Waals surface area (Å²) in [5.74, 6) is -0.467. The van der Waals surface area contributed by atoms with E-state index >= 15 is 0 Å². The van der Waals surface area contributed by atoms with Crippen LogP contribution in [0.4, 0.5) is 4.39 Å². The minimum absolute atomic E-state index is 0.118. The van der Waals surface area contributed by atoms with Gasteiger partial charge in [-0.1, -0.05) is 54.6 Å². The van der Waals surface area contributed by atoms with Crippen LogP contribution in [0, 0.1) is 12.7 Å². The van der Waals surface area contributed by atoms with Crippen molar-refractivity contribution in [2.24, 2.45) is 0 Å². The molecular weight excluding hydrogens is 387 g/mol. The highest BCUT2D eigenvalue weighted by Crippen LogP contribution is 2.17. The van der Waals surface area contributed by atoms with Crippen LogP contribution in [0.15, 0.2) is 97.2 Å². The van der Waals surface area contributed by atoms with Gasteiger partial charge in [-0.05, 0) is 60.0 Å². The minimum atomic E-state index is -0.349. The molecule has 0 radical (unpaired) electrons. The maximum atomic E-state index is 13.4. The van der Waals surface area contributed by atoms with Crippen LogP contribution in [0.3, 0.4) is 0 Å². The number of nitrogens with zero attached hydrogens (tertiary/aromatic N) is 2. The molecule has 0 unspecified atom stereocenters. The molecule has 0 aliphatic carbocycles. The molecule has 31 heavy (non-hydrogen) atoms. The third kappa shape index (κ3) is 5.10. The Hall–Kier alpha value is -3.66. The molecule has 0 bridgehead atoms. The molecule has 0 spiro atoms.